The maximum absolute atomic E-state index is 12.2. The Morgan fingerprint density at radius 2 is 2.00 bits per heavy atom. The van der Waals surface area contributed by atoms with Gasteiger partial charge >= 0.3 is 5.97 Å². The molecule has 2 aromatic rings. The molecular weight excluding hydrogens is 362 g/mol. The summed E-state index contributed by atoms with van der Waals surface area (Å²) in [6.07, 6.45) is 5.43. The first-order valence-electron chi connectivity index (χ1n) is 10.4. The van der Waals surface area contributed by atoms with E-state index in [2.05, 4.69) is 56.3 Å². The number of rotatable bonds is 8. The van der Waals surface area contributed by atoms with E-state index in [0.29, 0.717) is 13.2 Å². The minimum absolute atomic E-state index is 0.175. The van der Waals surface area contributed by atoms with Crippen molar-refractivity contribution in [2.24, 2.45) is 0 Å². The molecule has 0 fully saturated rings. The number of unbranched alkanes of at least 4 members (excludes halogenated alkanes) is 1. The van der Waals surface area contributed by atoms with Gasteiger partial charge in [-0.25, -0.2) is 0 Å². The van der Waals surface area contributed by atoms with Gasteiger partial charge in [-0.15, -0.1) is 0 Å². The monoisotopic (exact) mass is 393 g/mol. The third-order valence-corrected chi connectivity index (χ3v) is 5.06. The van der Waals surface area contributed by atoms with Gasteiger partial charge in [0.2, 0.25) is 0 Å². The van der Waals surface area contributed by atoms with Crippen LogP contribution in [-0.2, 0) is 22.6 Å². The van der Waals surface area contributed by atoms with Crippen molar-refractivity contribution in [1.29, 1.82) is 0 Å². The zero-order valence-electron chi connectivity index (χ0n) is 17.7. The molecule has 154 valence electrons. The van der Waals surface area contributed by atoms with E-state index >= 15 is 0 Å². The highest BCUT2D eigenvalue weighted by Gasteiger charge is 2.20. The Kier molecular flexibility index (Phi) is 7.48. The fourth-order valence-electron chi connectivity index (χ4n) is 3.47. The summed E-state index contributed by atoms with van der Waals surface area (Å²) in [4.78, 5) is 14.4. The van der Waals surface area contributed by atoms with Gasteiger partial charge in [-0.3, -0.25) is 4.79 Å². The molecule has 0 amide bonds. The van der Waals surface area contributed by atoms with Gasteiger partial charge in [0.15, 0.2) is 0 Å². The smallest absolute Gasteiger partial charge is 0.310 e. The number of carbonyl (C=O) groups is 1. The number of ether oxygens (including phenoxy) is 2. The van der Waals surface area contributed by atoms with E-state index in [1.165, 1.54) is 16.7 Å². The molecule has 0 N–H and O–H groups in total. The highest BCUT2D eigenvalue weighted by atomic mass is 16.5. The average molecular weight is 394 g/mol. The second-order valence-corrected chi connectivity index (χ2v) is 7.74. The van der Waals surface area contributed by atoms with Crippen LogP contribution in [0.5, 0.6) is 5.75 Å². The molecule has 0 saturated carbocycles. The normalized spacial score (nSPS) is 14.1. The van der Waals surface area contributed by atoms with Gasteiger partial charge in [0.05, 0.1) is 13.0 Å². The van der Waals surface area contributed by atoms with Crippen LogP contribution in [0.3, 0.4) is 0 Å². The minimum atomic E-state index is -0.175. The SMILES string of the molecule is CCCCOC(=O)Cc1ccc2c(c1)/C(=C/CCN(C)C)c1ccccc1CO2. The molecule has 0 saturated heterocycles. The van der Waals surface area contributed by atoms with E-state index in [9.17, 15) is 4.79 Å². The number of benzene rings is 2. The summed E-state index contributed by atoms with van der Waals surface area (Å²) in [5, 5.41) is 0. The van der Waals surface area contributed by atoms with Crippen molar-refractivity contribution >= 4 is 11.5 Å². The summed E-state index contributed by atoms with van der Waals surface area (Å²) in [7, 11) is 4.16. The van der Waals surface area contributed by atoms with Crippen LogP contribution in [0.2, 0.25) is 0 Å². The molecule has 0 bridgehead atoms. The van der Waals surface area contributed by atoms with Crippen molar-refractivity contribution < 1.29 is 14.3 Å². The van der Waals surface area contributed by atoms with Crippen molar-refractivity contribution in [3.63, 3.8) is 0 Å². The fraction of sp³-hybridized carbons (Fsp3) is 0.400. The van der Waals surface area contributed by atoms with Gasteiger partial charge in [0, 0.05) is 12.1 Å². The lowest BCUT2D eigenvalue weighted by atomic mass is 9.92. The molecule has 1 aliphatic rings. The van der Waals surface area contributed by atoms with Crippen LogP contribution in [0.25, 0.3) is 5.57 Å². The predicted octanol–water partition coefficient (Wildman–Crippen LogP) is 4.85. The fourth-order valence-corrected chi connectivity index (χ4v) is 3.47. The molecule has 2 aromatic carbocycles. The molecule has 0 aromatic heterocycles. The Morgan fingerprint density at radius 1 is 1.17 bits per heavy atom. The van der Waals surface area contributed by atoms with Crippen LogP contribution in [-0.4, -0.2) is 38.1 Å². The molecular formula is C25H31NO3. The zero-order valence-corrected chi connectivity index (χ0v) is 17.7. The Morgan fingerprint density at radius 3 is 2.79 bits per heavy atom. The minimum Gasteiger partial charge on any atom is -0.488 e. The second kappa shape index (κ2) is 10.3. The molecule has 0 spiro atoms. The molecule has 0 radical (unpaired) electrons. The van der Waals surface area contributed by atoms with Gasteiger partial charge in [-0.05, 0) is 61.3 Å². The van der Waals surface area contributed by atoms with Gasteiger partial charge in [-0.2, -0.15) is 0 Å². The van der Waals surface area contributed by atoms with Crippen LogP contribution in [0.1, 0.15) is 48.4 Å². The molecule has 0 unspecified atom stereocenters. The summed E-state index contributed by atoms with van der Waals surface area (Å²) < 4.78 is 11.4. The van der Waals surface area contributed by atoms with Crippen LogP contribution < -0.4 is 4.74 Å². The summed E-state index contributed by atoms with van der Waals surface area (Å²) in [5.74, 6) is 0.687. The van der Waals surface area contributed by atoms with Gasteiger partial charge in [0.25, 0.3) is 0 Å². The van der Waals surface area contributed by atoms with Crippen molar-refractivity contribution in [1.82, 2.24) is 4.90 Å². The van der Waals surface area contributed by atoms with Crippen LogP contribution in [0.15, 0.2) is 48.5 Å². The molecule has 0 aliphatic carbocycles. The number of carbonyl (C=O) groups excluding carboxylic acids is 1. The topological polar surface area (TPSA) is 38.8 Å². The standard InChI is InChI=1S/C25H31NO3/c1-4-5-15-28-25(27)17-19-12-13-24-23(16-19)22(11-8-14-26(2)3)21-10-7-6-9-20(21)18-29-24/h6-7,9-13,16H,4-5,8,14-15,17-18H2,1-3H3/b22-11+. The van der Waals surface area contributed by atoms with Gasteiger partial charge in [-0.1, -0.05) is 49.8 Å². The van der Waals surface area contributed by atoms with Gasteiger partial charge in [0.1, 0.15) is 12.4 Å². The van der Waals surface area contributed by atoms with Crippen molar-refractivity contribution in [3.8, 4) is 5.75 Å². The maximum atomic E-state index is 12.2. The first kappa shape index (κ1) is 21.1. The number of hydrogen-bond acceptors (Lipinski definition) is 4. The van der Waals surface area contributed by atoms with E-state index in [1.807, 2.05) is 18.2 Å². The van der Waals surface area contributed by atoms with Crippen LogP contribution in [0, 0.1) is 0 Å². The number of hydrogen-bond donors (Lipinski definition) is 0. The zero-order chi connectivity index (χ0) is 20.6. The summed E-state index contributed by atoms with van der Waals surface area (Å²) in [6, 6.07) is 14.4. The lowest BCUT2D eigenvalue weighted by molar-refractivity contribution is -0.142. The van der Waals surface area contributed by atoms with E-state index < -0.39 is 0 Å². The Balaban J connectivity index is 1.91. The van der Waals surface area contributed by atoms with Crippen molar-refractivity contribution in [2.45, 2.75) is 39.2 Å². The Bertz CT molecular complexity index is 870. The number of fused-ring (bicyclic) bond motifs is 2. The van der Waals surface area contributed by atoms with E-state index in [-0.39, 0.29) is 12.4 Å². The quantitative estimate of drug-likeness (QED) is 0.475. The van der Waals surface area contributed by atoms with Crippen LogP contribution >= 0.6 is 0 Å². The summed E-state index contributed by atoms with van der Waals surface area (Å²) in [5.41, 5.74) is 5.56. The lowest BCUT2D eigenvalue weighted by Crippen LogP contribution is -2.12. The molecule has 4 heteroatoms. The third-order valence-electron chi connectivity index (χ3n) is 5.06. The second-order valence-electron chi connectivity index (χ2n) is 7.74. The molecule has 0 atom stereocenters. The molecule has 29 heavy (non-hydrogen) atoms. The van der Waals surface area contributed by atoms with E-state index in [1.54, 1.807) is 0 Å². The molecule has 1 aliphatic heterocycles. The molecule has 1 heterocycles. The Hall–Kier alpha value is -2.59. The molecule has 3 rings (SSSR count). The Labute approximate surface area is 174 Å². The van der Waals surface area contributed by atoms with E-state index in [0.717, 1.165) is 42.7 Å². The largest absolute Gasteiger partial charge is 0.488 e. The highest BCUT2D eigenvalue weighted by Crippen LogP contribution is 2.37. The predicted molar refractivity (Wildman–Crippen MR) is 117 cm³/mol. The first-order valence-corrected chi connectivity index (χ1v) is 10.4. The maximum Gasteiger partial charge on any atom is 0.310 e. The highest BCUT2D eigenvalue weighted by molar-refractivity contribution is 5.85. The van der Waals surface area contributed by atoms with E-state index in [4.69, 9.17) is 9.47 Å². The summed E-state index contributed by atoms with van der Waals surface area (Å²) in [6.45, 7) is 4.10. The van der Waals surface area contributed by atoms with Gasteiger partial charge < -0.3 is 14.4 Å². The average Bonchev–Trinajstić information content (AvgIpc) is 2.85. The van der Waals surface area contributed by atoms with Crippen molar-refractivity contribution in [3.05, 3.63) is 70.8 Å². The number of nitrogens with zero attached hydrogens (tertiary/aromatic N) is 1. The lowest BCUT2D eigenvalue weighted by Gasteiger charge is -2.14. The first-order chi connectivity index (χ1) is 14.1. The number of esters is 1. The summed E-state index contributed by atoms with van der Waals surface area (Å²) >= 11 is 0. The van der Waals surface area contributed by atoms with Crippen LogP contribution in [0.4, 0.5) is 0 Å². The molecule has 4 nitrogen and oxygen atoms in total. The third kappa shape index (κ3) is 5.70. The van der Waals surface area contributed by atoms with Crippen molar-refractivity contribution in [2.75, 3.05) is 27.2 Å².